The van der Waals surface area contributed by atoms with Gasteiger partial charge in [-0.3, -0.25) is 9.59 Å². The quantitative estimate of drug-likeness (QED) is 0.577. The van der Waals surface area contributed by atoms with Crippen molar-refractivity contribution in [2.75, 3.05) is 7.11 Å². The second kappa shape index (κ2) is 9.60. The second-order valence-corrected chi connectivity index (χ2v) is 6.87. The summed E-state index contributed by atoms with van der Waals surface area (Å²) in [6.07, 6.45) is 3.01. The van der Waals surface area contributed by atoms with Crippen LogP contribution in [-0.2, 0) is 4.79 Å². The van der Waals surface area contributed by atoms with Crippen LogP contribution >= 0.6 is 0 Å². The Kier molecular flexibility index (Phi) is 6.70. The van der Waals surface area contributed by atoms with Gasteiger partial charge >= 0.3 is 0 Å². The molecule has 154 valence electrons. The molecular weight excluding hydrogens is 380 g/mol. The number of nitrogens with one attached hydrogen (secondary N) is 2. The number of carbonyl (C=O) groups is 2. The van der Waals surface area contributed by atoms with Gasteiger partial charge < -0.3 is 19.8 Å². The average molecular weight is 404 g/mol. The summed E-state index contributed by atoms with van der Waals surface area (Å²) in [7, 11) is 1.60. The molecule has 0 radical (unpaired) electrons. The average Bonchev–Trinajstić information content (AvgIpc) is 3.26. The summed E-state index contributed by atoms with van der Waals surface area (Å²) in [6, 6.07) is 17.7. The minimum absolute atomic E-state index is 0.0943. The van der Waals surface area contributed by atoms with Crippen LogP contribution in [0.3, 0.4) is 0 Å². The number of benzene rings is 2. The molecule has 2 amide bonds. The summed E-state index contributed by atoms with van der Waals surface area (Å²) in [4.78, 5) is 25.6. The monoisotopic (exact) mass is 404 g/mol. The van der Waals surface area contributed by atoms with E-state index < -0.39 is 5.91 Å². The lowest BCUT2D eigenvalue weighted by atomic mass is 10.1. The molecule has 0 saturated heterocycles. The number of ether oxygens (including phenoxy) is 1. The van der Waals surface area contributed by atoms with Crippen molar-refractivity contribution < 1.29 is 18.7 Å². The lowest BCUT2D eigenvalue weighted by molar-refractivity contribution is -0.118. The predicted octanol–water partition coefficient (Wildman–Crippen LogP) is 4.24. The van der Waals surface area contributed by atoms with Crippen LogP contribution in [0.4, 0.5) is 0 Å². The van der Waals surface area contributed by atoms with E-state index in [1.165, 1.54) is 12.3 Å². The first-order valence-electron chi connectivity index (χ1n) is 9.54. The first-order valence-corrected chi connectivity index (χ1v) is 9.54. The topological polar surface area (TPSA) is 80.6 Å². The molecule has 0 aliphatic carbocycles. The van der Waals surface area contributed by atoms with Crippen molar-refractivity contribution in [3.8, 4) is 5.75 Å². The summed E-state index contributed by atoms with van der Waals surface area (Å²) in [6.45, 7) is 3.77. The maximum Gasteiger partial charge on any atom is 0.268 e. The number of aryl methyl sites for hydroxylation is 1. The van der Waals surface area contributed by atoms with Crippen LogP contribution in [0.25, 0.3) is 6.08 Å². The van der Waals surface area contributed by atoms with Crippen molar-refractivity contribution in [2.45, 2.75) is 19.9 Å². The van der Waals surface area contributed by atoms with E-state index in [-0.39, 0.29) is 17.6 Å². The zero-order chi connectivity index (χ0) is 21.5. The van der Waals surface area contributed by atoms with Gasteiger partial charge in [-0.25, -0.2) is 0 Å². The normalized spacial score (nSPS) is 12.2. The molecule has 0 spiro atoms. The van der Waals surface area contributed by atoms with Crippen molar-refractivity contribution >= 4 is 17.9 Å². The largest absolute Gasteiger partial charge is 0.497 e. The Morgan fingerprint density at radius 1 is 1.07 bits per heavy atom. The van der Waals surface area contributed by atoms with E-state index in [1.54, 1.807) is 37.4 Å². The molecule has 0 bridgehead atoms. The zero-order valence-electron chi connectivity index (χ0n) is 17.1. The van der Waals surface area contributed by atoms with Crippen molar-refractivity contribution in [1.29, 1.82) is 0 Å². The molecule has 6 heteroatoms. The second-order valence-electron chi connectivity index (χ2n) is 6.87. The molecular formula is C24H24N2O4. The van der Waals surface area contributed by atoms with Gasteiger partial charge in [-0.05, 0) is 55.8 Å². The first-order chi connectivity index (χ1) is 14.5. The van der Waals surface area contributed by atoms with Crippen LogP contribution in [0.2, 0.25) is 0 Å². The van der Waals surface area contributed by atoms with Gasteiger partial charge in [0.2, 0.25) is 0 Å². The van der Waals surface area contributed by atoms with E-state index in [0.29, 0.717) is 11.3 Å². The van der Waals surface area contributed by atoms with Gasteiger partial charge in [-0.1, -0.05) is 29.8 Å². The molecule has 3 aromatic rings. The van der Waals surface area contributed by atoms with Crippen molar-refractivity contribution in [1.82, 2.24) is 10.6 Å². The number of hydrogen-bond donors (Lipinski definition) is 2. The lowest BCUT2D eigenvalue weighted by Gasteiger charge is -2.17. The Morgan fingerprint density at radius 3 is 2.47 bits per heavy atom. The molecule has 0 saturated carbocycles. The van der Waals surface area contributed by atoms with E-state index in [0.717, 1.165) is 16.9 Å². The molecule has 30 heavy (non-hydrogen) atoms. The van der Waals surface area contributed by atoms with Gasteiger partial charge in [0.25, 0.3) is 11.8 Å². The Hall–Kier alpha value is -3.80. The molecule has 1 atom stereocenters. The Bertz CT molecular complexity index is 1040. The summed E-state index contributed by atoms with van der Waals surface area (Å²) in [5.41, 5.74) is 2.43. The maximum absolute atomic E-state index is 12.9. The Balaban J connectivity index is 1.79. The molecule has 0 unspecified atom stereocenters. The van der Waals surface area contributed by atoms with E-state index in [9.17, 15) is 9.59 Å². The van der Waals surface area contributed by atoms with Crippen molar-refractivity contribution in [2.24, 2.45) is 0 Å². The molecule has 2 aromatic carbocycles. The smallest absolute Gasteiger partial charge is 0.268 e. The fraction of sp³-hybridized carbons (Fsp3) is 0.167. The SMILES string of the molecule is COc1ccc([C@H](C)NC(=O)/C(=C/c2ccco2)NC(=O)c2cccc(C)c2)cc1. The van der Waals surface area contributed by atoms with E-state index >= 15 is 0 Å². The van der Waals surface area contributed by atoms with Gasteiger partial charge in [0.1, 0.15) is 17.2 Å². The highest BCUT2D eigenvalue weighted by molar-refractivity contribution is 6.05. The van der Waals surface area contributed by atoms with Gasteiger partial charge in [0.15, 0.2) is 0 Å². The third-order valence-corrected chi connectivity index (χ3v) is 4.57. The van der Waals surface area contributed by atoms with Crippen LogP contribution in [0.5, 0.6) is 5.75 Å². The molecule has 1 aromatic heterocycles. The summed E-state index contributed by atoms with van der Waals surface area (Å²) >= 11 is 0. The highest BCUT2D eigenvalue weighted by Crippen LogP contribution is 2.18. The number of furan rings is 1. The Labute approximate surface area is 175 Å². The predicted molar refractivity (Wildman–Crippen MR) is 115 cm³/mol. The molecule has 6 nitrogen and oxygen atoms in total. The highest BCUT2D eigenvalue weighted by Gasteiger charge is 2.18. The van der Waals surface area contributed by atoms with Crippen LogP contribution in [0, 0.1) is 6.92 Å². The molecule has 0 fully saturated rings. The highest BCUT2D eigenvalue weighted by atomic mass is 16.5. The van der Waals surface area contributed by atoms with E-state index in [1.807, 2.05) is 44.2 Å². The van der Waals surface area contributed by atoms with Gasteiger partial charge in [-0.15, -0.1) is 0 Å². The van der Waals surface area contributed by atoms with Crippen molar-refractivity contribution in [3.63, 3.8) is 0 Å². The van der Waals surface area contributed by atoms with E-state index in [2.05, 4.69) is 10.6 Å². The first kappa shape index (κ1) is 20.9. The van der Waals surface area contributed by atoms with Gasteiger partial charge in [-0.2, -0.15) is 0 Å². The number of hydrogen-bond acceptors (Lipinski definition) is 4. The summed E-state index contributed by atoms with van der Waals surface area (Å²) < 4.78 is 10.5. The van der Waals surface area contributed by atoms with Crippen LogP contribution < -0.4 is 15.4 Å². The number of rotatable bonds is 7. The number of methoxy groups -OCH3 is 1. The van der Waals surface area contributed by atoms with Gasteiger partial charge in [0, 0.05) is 11.6 Å². The zero-order valence-corrected chi connectivity index (χ0v) is 17.1. The van der Waals surface area contributed by atoms with Crippen LogP contribution in [-0.4, -0.2) is 18.9 Å². The molecule has 2 N–H and O–H groups in total. The molecule has 0 aliphatic rings. The number of amides is 2. The minimum atomic E-state index is -0.421. The van der Waals surface area contributed by atoms with E-state index in [4.69, 9.17) is 9.15 Å². The van der Waals surface area contributed by atoms with Crippen LogP contribution in [0.1, 0.15) is 40.2 Å². The number of carbonyl (C=O) groups excluding carboxylic acids is 2. The Morgan fingerprint density at radius 2 is 1.83 bits per heavy atom. The maximum atomic E-state index is 12.9. The standard InChI is InChI=1S/C24H24N2O4/c1-16-6-4-7-19(14-16)23(27)26-22(15-21-8-5-13-30-21)24(28)25-17(2)18-9-11-20(29-3)12-10-18/h4-15,17H,1-3H3,(H,25,28)(H,26,27)/b22-15-/t17-/m0/s1. The molecule has 1 heterocycles. The fourth-order valence-corrected chi connectivity index (χ4v) is 2.91. The molecule has 3 rings (SSSR count). The third-order valence-electron chi connectivity index (χ3n) is 4.57. The summed E-state index contributed by atoms with van der Waals surface area (Å²) in [5.74, 6) is 0.405. The van der Waals surface area contributed by atoms with Crippen LogP contribution in [0.15, 0.2) is 77.0 Å². The van der Waals surface area contributed by atoms with Crippen molar-refractivity contribution in [3.05, 3.63) is 95.1 Å². The lowest BCUT2D eigenvalue weighted by Crippen LogP contribution is -2.36. The third kappa shape index (κ3) is 5.38. The van der Waals surface area contributed by atoms with Gasteiger partial charge in [0.05, 0.1) is 19.4 Å². The minimum Gasteiger partial charge on any atom is -0.497 e. The molecule has 0 aliphatic heterocycles. The summed E-state index contributed by atoms with van der Waals surface area (Å²) in [5, 5.41) is 5.61. The fourth-order valence-electron chi connectivity index (χ4n) is 2.91.